The van der Waals surface area contributed by atoms with E-state index in [1.807, 2.05) is 0 Å². The highest BCUT2D eigenvalue weighted by atomic mass is 19.1. The van der Waals surface area contributed by atoms with Gasteiger partial charge in [0.1, 0.15) is 11.9 Å². The normalized spacial score (nSPS) is 11.7. The molecule has 1 aromatic carbocycles. The number of nitrogens with one attached hydrogen (secondary N) is 2. The van der Waals surface area contributed by atoms with Gasteiger partial charge in [0.05, 0.1) is 0 Å². The van der Waals surface area contributed by atoms with E-state index in [0.29, 0.717) is 5.56 Å². The second kappa shape index (κ2) is 6.58. The molecule has 1 rings (SSSR count). The molecule has 0 spiro atoms. The largest absolute Gasteiger partial charge is 0.480 e. The molecule has 0 aliphatic rings. The van der Waals surface area contributed by atoms with Crippen LogP contribution >= 0.6 is 0 Å². The molecule has 2 amide bonds. The zero-order valence-electron chi connectivity index (χ0n) is 9.94. The minimum Gasteiger partial charge on any atom is -0.480 e. The molecular formula is C12H15FN2O3. The summed E-state index contributed by atoms with van der Waals surface area (Å²) < 4.78 is 13.2. The quantitative estimate of drug-likeness (QED) is 0.744. The third-order valence-electron chi connectivity index (χ3n) is 2.41. The summed E-state index contributed by atoms with van der Waals surface area (Å²) in [7, 11) is 0. The van der Waals surface area contributed by atoms with Crippen molar-refractivity contribution in [3.05, 3.63) is 35.6 Å². The highest BCUT2D eigenvalue weighted by molar-refractivity contribution is 5.82. The second-order valence-corrected chi connectivity index (χ2v) is 3.72. The Morgan fingerprint density at radius 2 is 2.06 bits per heavy atom. The first-order valence-electron chi connectivity index (χ1n) is 5.55. The predicted octanol–water partition coefficient (Wildman–Crippen LogP) is 1.49. The van der Waals surface area contributed by atoms with Crippen LogP contribution in [0.3, 0.4) is 0 Å². The number of hydrogen-bond donors (Lipinski definition) is 3. The smallest absolute Gasteiger partial charge is 0.326 e. The SMILES string of the molecule is CCC(NC(=O)NCc1ccccc1F)C(=O)O. The van der Waals surface area contributed by atoms with E-state index in [1.54, 1.807) is 25.1 Å². The third kappa shape index (κ3) is 4.04. The van der Waals surface area contributed by atoms with Crippen LogP contribution < -0.4 is 10.6 Å². The Balaban J connectivity index is 2.47. The van der Waals surface area contributed by atoms with Gasteiger partial charge in [0, 0.05) is 12.1 Å². The first kappa shape index (κ1) is 14.0. The third-order valence-corrected chi connectivity index (χ3v) is 2.41. The summed E-state index contributed by atoms with van der Waals surface area (Å²) in [5.41, 5.74) is 0.344. The maximum atomic E-state index is 13.2. The Kier molecular flexibility index (Phi) is 5.10. The lowest BCUT2D eigenvalue weighted by atomic mass is 10.2. The van der Waals surface area contributed by atoms with Gasteiger partial charge in [-0.3, -0.25) is 0 Å². The van der Waals surface area contributed by atoms with Crippen molar-refractivity contribution in [3.63, 3.8) is 0 Å². The number of carboxylic acid groups (broad SMARTS) is 1. The molecule has 1 unspecified atom stereocenters. The van der Waals surface area contributed by atoms with Crippen molar-refractivity contribution in [2.24, 2.45) is 0 Å². The molecular weight excluding hydrogens is 239 g/mol. The van der Waals surface area contributed by atoms with Crippen molar-refractivity contribution in [2.75, 3.05) is 0 Å². The molecule has 1 atom stereocenters. The molecule has 0 saturated carbocycles. The highest BCUT2D eigenvalue weighted by Crippen LogP contribution is 2.05. The number of rotatable bonds is 5. The van der Waals surface area contributed by atoms with E-state index < -0.39 is 23.9 Å². The van der Waals surface area contributed by atoms with Crippen molar-refractivity contribution in [3.8, 4) is 0 Å². The van der Waals surface area contributed by atoms with E-state index in [1.165, 1.54) is 6.07 Å². The van der Waals surface area contributed by atoms with Gasteiger partial charge < -0.3 is 15.7 Å². The van der Waals surface area contributed by atoms with Gasteiger partial charge in [0.25, 0.3) is 0 Å². The minimum absolute atomic E-state index is 0.00849. The summed E-state index contributed by atoms with van der Waals surface area (Å²) in [6.07, 6.45) is 0.280. The number of hydrogen-bond acceptors (Lipinski definition) is 2. The zero-order valence-corrected chi connectivity index (χ0v) is 9.94. The van der Waals surface area contributed by atoms with E-state index in [0.717, 1.165) is 0 Å². The first-order chi connectivity index (χ1) is 8.54. The van der Waals surface area contributed by atoms with Crippen molar-refractivity contribution in [2.45, 2.75) is 25.9 Å². The fourth-order valence-corrected chi connectivity index (χ4v) is 1.36. The fourth-order valence-electron chi connectivity index (χ4n) is 1.36. The van der Waals surface area contributed by atoms with Crippen molar-refractivity contribution in [1.29, 1.82) is 0 Å². The van der Waals surface area contributed by atoms with Gasteiger partial charge in [-0.2, -0.15) is 0 Å². The number of halogens is 1. The lowest BCUT2D eigenvalue weighted by molar-refractivity contribution is -0.139. The molecule has 0 bridgehead atoms. The molecule has 98 valence electrons. The van der Waals surface area contributed by atoms with Crippen LogP contribution in [0.4, 0.5) is 9.18 Å². The lowest BCUT2D eigenvalue weighted by Crippen LogP contribution is -2.45. The van der Waals surface area contributed by atoms with Gasteiger partial charge in [-0.15, -0.1) is 0 Å². The lowest BCUT2D eigenvalue weighted by Gasteiger charge is -2.13. The number of carboxylic acids is 1. The highest BCUT2D eigenvalue weighted by Gasteiger charge is 2.17. The van der Waals surface area contributed by atoms with Crippen molar-refractivity contribution < 1.29 is 19.1 Å². The molecule has 18 heavy (non-hydrogen) atoms. The molecule has 0 aromatic heterocycles. The number of amides is 2. The average Bonchev–Trinajstić information content (AvgIpc) is 2.34. The molecule has 0 radical (unpaired) electrons. The van der Waals surface area contributed by atoms with Gasteiger partial charge in [-0.1, -0.05) is 25.1 Å². The maximum absolute atomic E-state index is 13.2. The summed E-state index contributed by atoms with van der Waals surface area (Å²) in [5.74, 6) is -1.51. The predicted molar refractivity (Wildman–Crippen MR) is 63.5 cm³/mol. The Morgan fingerprint density at radius 1 is 1.39 bits per heavy atom. The Morgan fingerprint density at radius 3 is 2.61 bits per heavy atom. The summed E-state index contributed by atoms with van der Waals surface area (Å²) in [5, 5.41) is 13.4. The number of benzene rings is 1. The van der Waals surface area contributed by atoms with Crippen molar-refractivity contribution >= 4 is 12.0 Å². The standard InChI is InChI=1S/C12H15FN2O3/c1-2-10(11(16)17)15-12(18)14-7-8-5-3-4-6-9(8)13/h3-6,10H,2,7H2,1H3,(H,16,17)(H2,14,15,18). The molecule has 0 fully saturated rings. The van der Waals surface area contributed by atoms with Gasteiger partial charge >= 0.3 is 12.0 Å². The van der Waals surface area contributed by atoms with E-state index in [9.17, 15) is 14.0 Å². The van der Waals surface area contributed by atoms with Gasteiger partial charge in [0.2, 0.25) is 0 Å². The molecule has 0 saturated heterocycles. The zero-order chi connectivity index (χ0) is 13.5. The van der Waals surface area contributed by atoms with Crippen molar-refractivity contribution in [1.82, 2.24) is 10.6 Å². The van der Waals surface area contributed by atoms with Crippen LogP contribution in [-0.2, 0) is 11.3 Å². The Labute approximate surface area is 104 Å². The molecule has 1 aromatic rings. The summed E-state index contributed by atoms with van der Waals surface area (Å²) in [6.45, 7) is 1.66. The van der Waals surface area contributed by atoms with Crippen LogP contribution in [0.5, 0.6) is 0 Å². The van der Waals surface area contributed by atoms with Gasteiger partial charge in [-0.05, 0) is 12.5 Å². The monoisotopic (exact) mass is 254 g/mol. The van der Waals surface area contributed by atoms with Crippen LogP contribution in [0.15, 0.2) is 24.3 Å². The molecule has 0 heterocycles. The van der Waals surface area contributed by atoms with E-state index in [4.69, 9.17) is 5.11 Å². The topological polar surface area (TPSA) is 78.4 Å². The van der Waals surface area contributed by atoms with E-state index in [2.05, 4.69) is 10.6 Å². The van der Waals surface area contributed by atoms with Gasteiger partial charge in [-0.25, -0.2) is 14.0 Å². The summed E-state index contributed by atoms with van der Waals surface area (Å²) in [4.78, 5) is 22.1. The number of aliphatic carboxylic acids is 1. The average molecular weight is 254 g/mol. The molecule has 6 heteroatoms. The number of carbonyl (C=O) groups is 2. The van der Waals surface area contributed by atoms with Crippen LogP contribution in [0, 0.1) is 5.82 Å². The van der Waals surface area contributed by atoms with Crippen LogP contribution in [0.25, 0.3) is 0 Å². The summed E-state index contributed by atoms with van der Waals surface area (Å²) >= 11 is 0. The Hall–Kier alpha value is -2.11. The fraction of sp³-hybridized carbons (Fsp3) is 0.333. The molecule has 0 aliphatic carbocycles. The van der Waals surface area contributed by atoms with Crippen LogP contribution in [0.1, 0.15) is 18.9 Å². The van der Waals surface area contributed by atoms with Crippen LogP contribution in [-0.4, -0.2) is 23.1 Å². The van der Waals surface area contributed by atoms with Gasteiger partial charge in [0.15, 0.2) is 0 Å². The van der Waals surface area contributed by atoms with E-state index in [-0.39, 0.29) is 13.0 Å². The number of urea groups is 1. The Bertz CT molecular complexity index is 437. The second-order valence-electron chi connectivity index (χ2n) is 3.72. The number of carbonyl (C=O) groups excluding carboxylic acids is 1. The summed E-state index contributed by atoms with van der Waals surface area (Å²) in [6, 6.07) is 4.48. The first-order valence-corrected chi connectivity index (χ1v) is 5.55. The minimum atomic E-state index is -1.10. The van der Waals surface area contributed by atoms with Crippen LogP contribution in [0.2, 0.25) is 0 Å². The van der Waals surface area contributed by atoms with E-state index >= 15 is 0 Å². The maximum Gasteiger partial charge on any atom is 0.326 e. The molecule has 3 N–H and O–H groups in total. The molecule has 5 nitrogen and oxygen atoms in total. The molecule has 0 aliphatic heterocycles.